The maximum atomic E-state index is 4.12. The zero-order valence-electron chi connectivity index (χ0n) is 8.80. The fourth-order valence-corrected chi connectivity index (χ4v) is 1.74. The Morgan fingerprint density at radius 1 is 1.29 bits per heavy atom. The zero-order valence-corrected chi connectivity index (χ0v) is 8.80. The Bertz CT molecular complexity index is 402. The average molecular weight is 189 g/mol. The summed E-state index contributed by atoms with van der Waals surface area (Å²) < 4.78 is 0. The molecular weight excluding hydrogens is 172 g/mol. The summed E-state index contributed by atoms with van der Waals surface area (Å²) in [6, 6.07) is 10.6. The van der Waals surface area contributed by atoms with Crippen molar-refractivity contribution in [3.63, 3.8) is 0 Å². The lowest BCUT2D eigenvalue weighted by molar-refractivity contribution is -0.465. The molecule has 0 amide bonds. The highest BCUT2D eigenvalue weighted by Gasteiger charge is 2.16. The molecule has 0 bridgehead atoms. The van der Waals surface area contributed by atoms with E-state index in [1.54, 1.807) is 0 Å². The van der Waals surface area contributed by atoms with Crippen LogP contribution in [0.5, 0.6) is 0 Å². The Hall–Kier alpha value is -1.28. The van der Waals surface area contributed by atoms with Crippen LogP contribution < -0.4 is 5.73 Å². The van der Waals surface area contributed by atoms with Crippen LogP contribution in [0.3, 0.4) is 0 Å². The Labute approximate surface area is 84.1 Å². The van der Waals surface area contributed by atoms with E-state index in [1.807, 2.05) is 0 Å². The molecular formula is C12H17N2+. The second-order valence-electron chi connectivity index (χ2n) is 4.72. The summed E-state index contributed by atoms with van der Waals surface area (Å²) in [5, 5.41) is 1.28. The fraction of sp³-hybridized carbons (Fsp3) is 0.333. The summed E-state index contributed by atoms with van der Waals surface area (Å²) >= 11 is 0. The minimum Gasteiger partial charge on any atom is -0.358 e. The predicted octanol–water partition coefficient (Wildman–Crippen LogP) is 1.73. The second-order valence-corrected chi connectivity index (χ2v) is 4.72. The molecule has 2 heteroatoms. The number of benzene rings is 1. The van der Waals surface area contributed by atoms with E-state index in [9.17, 15) is 0 Å². The van der Waals surface area contributed by atoms with Crippen LogP contribution in [0.25, 0.3) is 10.9 Å². The summed E-state index contributed by atoms with van der Waals surface area (Å²) in [6.45, 7) is 4.30. The lowest BCUT2D eigenvalue weighted by Gasteiger charge is -2.12. The third kappa shape index (κ3) is 1.96. The summed E-state index contributed by atoms with van der Waals surface area (Å²) in [4.78, 5) is 3.41. The van der Waals surface area contributed by atoms with Gasteiger partial charge in [0, 0.05) is 17.6 Å². The SMILES string of the molecule is CC(C)([NH3+])Cc1cc2ccccc2[nH]1. The van der Waals surface area contributed by atoms with Gasteiger partial charge in [0.05, 0.1) is 5.54 Å². The maximum Gasteiger partial charge on any atom is 0.0944 e. The molecule has 0 fully saturated rings. The molecule has 1 heterocycles. The second kappa shape index (κ2) is 3.14. The van der Waals surface area contributed by atoms with Crippen molar-refractivity contribution >= 4 is 10.9 Å². The number of hydrogen-bond donors (Lipinski definition) is 2. The first-order valence-corrected chi connectivity index (χ1v) is 4.97. The Balaban J connectivity index is 2.36. The van der Waals surface area contributed by atoms with Crippen molar-refractivity contribution in [1.82, 2.24) is 4.98 Å². The van der Waals surface area contributed by atoms with Gasteiger partial charge < -0.3 is 10.7 Å². The molecule has 0 aliphatic carbocycles. The molecule has 2 rings (SSSR count). The molecule has 0 saturated heterocycles. The van der Waals surface area contributed by atoms with Crippen LogP contribution >= 0.6 is 0 Å². The molecule has 14 heavy (non-hydrogen) atoms. The number of fused-ring (bicyclic) bond motifs is 1. The fourth-order valence-electron chi connectivity index (χ4n) is 1.74. The number of hydrogen-bond acceptors (Lipinski definition) is 0. The molecule has 0 saturated carbocycles. The van der Waals surface area contributed by atoms with Crippen LogP contribution in [-0.4, -0.2) is 10.5 Å². The van der Waals surface area contributed by atoms with Crippen molar-refractivity contribution < 1.29 is 5.73 Å². The van der Waals surface area contributed by atoms with Crippen molar-refractivity contribution in [2.24, 2.45) is 0 Å². The number of quaternary nitrogens is 1. The lowest BCUT2D eigenvalue weighted by atomic mass is 10.0. The summed E-state index contributed by atoms with van der Waals surface area (Å²) in [6.07, 6.45) is 0.988. The standard InChI is InChI=1S/C12H16N2/c1-12(2,13)8-10-7-9-5-3-4-6-11(9)14-10/h3-7,14H,8,13H2,1-2H3/p+1. The Morgan fingerprint density at radius 2 is 2.00 bits per heavy atom. The molecule has 1 aromatic carbocycles. The van der Waals surface area contributed by atoms with Gasteiger partial charge in [0.15, 0.2) is 0 Å². The highest BCUT2D eigenvalue weighted by Crippen LogP contribution is 2.16. The quantitative estimate of drug-likeness (QED) is 0.722. The predicted molar refractivity (Wildman–Crippen MR) is 59.0 cm³/mol. The number of rotatable bonds is 2. The van der Waals surface area contributed by atoms with Crippen LogP contribution in [0.1, 0.15) is 19.5 Å². The molecule has 2 aromatic rings. The molecule has 0 unspecified atom stereocenters. The third-order valence-electron chi connectivity index (χ3n) is 2.25. The highest BCUT2D eigenvalue weighted by atomic mass is 14.8. The first kappa shape index (κ1) is 9.28. The average Bonchev–Trinajstić information content (AvgIpc) is 2.42. The van der Waals surface area contributed by atoms with Crippen molar-refractivity contribution in [3.05, 3.63) is 36.0 Å². The van der Waals surface area contributed by atoms with E-state index >= 15 is 0 Å². The first-order chi connectivity index (χ1) is 6.54. The van der Waals surface area contributed by atoms with E-state index in [1.165, 1.54) is 16.6 Å². The third-order valence-corrected chi connectivity index (χ3v) is 2.25. The number of nitrogens with one attached hydrogen (secondary N) is 1. The lowest BCUT2D eigenvalue weighted by Crippen LogP contribution is -2.70. The minimum atomic E-state index is 0.0981. The number of aromatic nitrogens is 1. The molecule has 0 aliphatic rings. The van der Waals surface area contributed by atoms with E-state index in [0.29, 0.717) is 0 Å². The van der Waals surface area contributed by atoms with E-state index in [0.717, 1.165) is 6.42 Å². The van der Waals surface area contributed by atoms with E-state index < -0.39 is 0 Å². The normalized spacial score (nSPS) is 12.2. The van der Waals surface area contributed by atoms with Crippen LogP contribution in [0, 0.1) is 0 Å². The van der Waals surface area contributed by atoms with Gasteiger partial charge in [-0.3, -0.25) is 0 Å². The summed E-state index contributed by atoms with van der Waals surface area (Å²) in [5.74, 6) is 0. The molecule has 2 nitrogen and oxygen atoms in total. The van der Waals surface area contributed by atoms with Gasteiger partial charge in [-0.15, -0.1) is 0 Å². The van der Waals surface area contributed by atoms with Gasteiger partial charge in [0.1, 0.15) is 0 Å². The van der Waals surface area contributed by atoms with Crippen molar-refractivity contribution in [3.8, 4) is 0 Å². The zero-order chi connectivity index (χ0) is 10.2. The molecule has 1 aromatic heterocycles. The van der Waals surface area contributed by atoms with E-state index in [2.05, 4.69) is 54.9 Å². The van der Waals surface area contributed by atoms with Crippen LogP contribution in [0.15, 0.2) is 30.3 Å². The molecule has 0 spiro atoms. The van der Waals surface area contributed by atoms with Gasteiger partial charge in [-0.25, -0.2) is 0 Å². The topological polar surface area (TPSA) is 43.4 Å². The van der Waals surface area contributed by atoms with Crippen LogP contribution in [-0.2, 0) is 6.42 Å². The van der Waals surface area contributed by atoms with Gasteiger partial charge in [0.25, 0.3) is 0 Å². The number of aromatic amines is 1. The van der Waals surface area contributed by atoms with Gasteiger partial charge in [0.2, 0.25) is 0 Å². The molecule has 0 atom stereocenters. The summed E-state index contributed by atoms with van der Waals surface area (Å²) in [7, 11) is 0. The number of para-hydroxylation sites is 1. The van der Waals surface area contributed by atoms with Gasteiger partial charge >= 0.3 is 0 Å². The smallest absolute Gasteiger partial charge is 0.0944 e. The highest BCUT2D eigenvalue weighted by molar-refractivity contribution is 5.80. The summed E-state index contributed by atoms with van der Waals surface area (Å²) in [5.41, 5.74) is 6.70. The van der Waals surface area contributed by atoms with E-state index in [4.69, 9.17) is 0 Å². The molecule has 0 radical (unpaired) electrons. The largest absolute Gasteiger partial charge is 0.358 e. The molecule has 4 N–H and O–H groups in total. The minimum absolute atomic E-state index is 0.0981. The van der Waals surface area contributed by atoms with Crippen molar-refractivity contribution in [2.75, 3.05) is 0 Å². The van der Waals surface area contributed by atoms with Gasteiger partial charge in [-0.1, -0.05) is 18.2 Å². The van der Waals surface area contributed by atoms with Gasteiger partial charge in [-0.05, 0) is 31.4 Å². The van der Waals surface area contributed by atoms with Crippen LogP contribution in [0.4, 0.5) is 0 Å². The number of H-pyrrole nitrogens is 1. The van der Waals surface area contributed by atoms with Gasteiger partial charge in [-0.2, -0.15) is 0 Å². The van der Waals surface area contributed by atoms with Crippen molar-refractivity contribution in [2.45, 2.75) is 25.8 Å². The Kier molecular flexibility index (Phi) is 2.08. The maximum absolute atomic E-state index is 4.12. The van der Waals surface area contributed by atoms with Crippen LogP contribution in [0.2, 0.25) is 0 Å². The van der Waals surface area contributed by atoms with Crippen molar-refractivity contribution in [1.29, 1.82) is 0 Å². The first-order valence-electron chi connectivity index (χ1n) is 4.97. The molecule has 74 valence electrons. The Morgan fingerprint density at radius 3 is 2.64 bits per heavy atom. The van der Waals surface area contributed by atoms with E-state index in [-0.39, 0.29) is 5.54 Å². The monoisotopic (exact) mass is 189 g/mol. The molecule has 0 aliphatic heterocycles.